The van der Waals surface area contributed by atoms with Crippen molar-refractivity contribution in [3.05, 3.63) is 39.8 Å². The predicted molar refractivity (Wildman–Crippen MR) is 70.6 cm³/mol. The first-order valence-corrected chi connectivity index (χ1v) is 6.05. The van der Waals surface area contributed by atoms with Gasteiger partial charge in [0.1, 0.15) is 10.3 Å². The Hall–Kier alpha value is -1.09. The fourth-order valence-electron chi connectivity index (χ4n) is 1.81. The molecular weight excluding hydrogens is 264 g/mol. The molecule has 0 fully saturated rings. The third kappa shape index (κ3) is 1.69. The molecule has 0 aliphatic rings. The number of aryl methyl sites for hydroxylation is 2. The van der Waals surface area contributed by atoms with Gasteiger partial charge in [-0.1, -0.05) is 12.1 Å². The molecule has 0 atom stereocenters. The molecule has 0 aliphatic carbocycles. The molecule has 0 spiro atoms. The summed E-state index contributed by atoms with van der Waals surface area (Å²) in [5.41, 5.74) is 6.20. The highest BCUT2D eigenvalue weighted by molar-refractivity contribution is 9.10. The van der Waals surface area contributed by atoms with Crippen LogP contribution >= 0.6 is 15.9 Å². The fourth-order valence-corrected chi connectivity index (χ4v) is 2.22. The van der Waals surface area contributed by atoms with E-state index in [9.17, 15) is 0 Å². The molecule has 1 heterocycles. The smallest absolute Gasteiger partial charge is 0.112 e. The summed E-state index contributed by atoms with van der Waals surface area (Å²) in [4.78, 5) is 4.43. The summed E-state index contributed by atoms with van der Waals surface area (Å²) in [5, 5.41) is 0. The maximum Gasteiger partial charge on any atom is 0.112 e. The van der Waals surface area contributed by atoms with E-state index in [1.807, 2.05) is 17.9 Å². The number of rotatable bonds is 1. The van der Waals surface area contributed by atoms with Crippen molar-refractivity contribution in [2.24, 2.45) is 7.05 Å². The van der Waals surface area contributed by atoms with Crippen LogP contribution in [0.3, 0.4) is 0 Å². The van der Waals surface area contributed by atoms with E-state index in [0.29, 0.717) is 0 Å². The van der Waals surface area contributed by atoms with Crippen molar-refractivity contribution in [1.29, 1.82) is 0 Å². The zero-order valence-electron chi connectivity index (χ0n) is 10.0. The SMILES string of the molecule is Cc1ccc(-c2ncn(C)c2Br)c(C)c1C. The van der Waals surface area contributed by atoms with Gasteiger partial charge >= 0.3 is 0 Å². The molecule has 0 amide bonds. The molecular formula is C13H15BrN2. The molecule has 0 N–H and O–H groups in total. The molecule has 16 heavy (non-hydrogen) atoms. The number of hydrogen-bond donors (Lipinski definition) is 0. The van der Waals surface area contributed by atoms with Crippen molar-refractivity contribution < 1.29 is 0 Å². The average Bonchev–Trinajstić information content (AvgIpc) is 2.58. The highest BCUT2D eigenvalue weighted by atomic mass is 79.9. The molecule has 0 radical (unpaired) electrons. The summed E-state index contributed by atoms with van der Waals surface area (Å²) in [6, 6.07) is 4.30. The number of halogens is 1. The Morgan fingerprint density at radius 2 is 1.81 bits per heavy atom. The topological polar surface area (TPSA) is 17.8 Å². The normalized spacial score (nSPS) is 10.8. The van der Waals surface area contributed by atoms with Gasteiger partial charge in [-0.05, 0) is 53.4 Å². The first-order chi connectivity index (χ1) is 7.52. The van der Waals surface area contributed by atoms with Gasteiger partial charge in [-0.15, -0.1) is 0 Å². The minimum atomic E-state index is 1.02. The van der Waals surface area contributed by atoms with Crippen LogP contribution in [0.4, 0.5) is 0 Å². The van der Waals surface area contributed by atoms with E-state index in [2.05, 4.69) is 53.8 Å². The van der Waals surface area contributed by atoms with Crippen LogP contribution in [0.1, 0.15) is 16.7 Å². The Morgan fingerprint density at radius 1 is 1.12 bits per heavy atom. The molecule has 84 valence electrons. The van der Waals surface area contributed by atoms with Gasteiger partial charge in [0, 0.05) is 12.6 Å². The van der Waals surface area contributed by atoms with Gasteiger partial charge in [0.25, 0.3) is 0 Å². The Morgan fingerprint density at radius 3 is 2.38 bits per heavy atom. The van der Waals surface area contributed by atoms with Gasteiger partial charge in [0.15, 0.2) is 0 Å². The van der Waals surface area contributed by atoms with Crippen molar-refractivity contribution >= 4 is 15.9 Å². The zero-order valence-corrected chi connectivity index (χ0v) is 11.6. The van der Waals surface area contributed by atoms with E-state index >= 15 is 0 Å². The minimum absolute atomic E-state index is 1.02. The molecule has 0 unspecified atom stereocenters. The molecule has 2 aromatic rings. The lowest BCUT2D eigenvalue weighted by Gasteiger charge is -2.10. The van der Waals surface area contributed by atoms with Crippen molar-refractivity contribution in [2.75, 3.05) is 0 Å². The molecule has 0 saturated carbocycles. The van der Waals surface area contributed by atoms with E-state index in [1.165, 1.54) is 22.3 Å². The number of imidazole rings is 1. The van der Waals surface area contributed by atoms with Crippen LogP contribution in [0.5, 0.6) is 0 Å². The van der Waals surface area contributed by atoms with Gasteiger partial charge < -0.3 is 4.57 Å². The lowest BCUT2D eigenvalue weighted by molar-refractivity contribution is 0.891. The van der Waals surface area contributed by atoms with E-state index in [0.717, 1.165) is 10.3 Å². The fraction of sp³-hybridized carbons (Fsp3) is 0.308. The number of nitrogens with zero attached hydrogens (tertiary/aromatic N) is 2. The third-order valence-corrected chi connectivity index (χ3v) is 4.11. The third-order valence-electron chi connectivity index (χ3n) is 3.18. The standard InChI is InChI=1S/C13H15BrN2/c1-8-5-6-11(10(3)9(8)2)12-13(14)16(4)7-15-12/h5-7H,1-4H3. The van der Waals surface area contributed by atoms with E-state index in [-0.39, 0.29) is 0 Å². The van der Waals surface area contributed by atoms with Crippen LogP contribution in [0.15, 0.2) is 23.1 Å². The summed E-state index contributed by atoms with van der Waals surface area (Å²) in [6.45, 7) is 6.45. The van der Waals surface area contributed by atoms with Gasteiger partial charge in [0.05, 0.1) is 6.33 Å². The van der Waals surface area contributed by atoms with E-state index in [1.54, 1.807) is 0 Å². The van der Waals surface area contributed by atoms with Crippen LogP contribution in [-0.4, -0.2) is 9.55 Å². The molecule has 3 heteroatoms. The average molecular weight is 279 g/mol. The monoisotopic (exact) mass is 278 g/mol. The molecule has 1 aromatic carbocycles. The molecule has 2 rings (SSSR count). The highest BCUT2D eigenvalue weighted by Gasteiger charge is 2.12. The van der Waals surface area contributed by atoms with Crippen LogP contribution < -0.4 is 0 Å². The highest BCUT2D eigenvalue weighted by Crippen LogP contribution is 2.31. The van der Waals surface area contributed by atoms with Gasteiger partial charge in [0.2, 0.25) is 0 Å². The van der Waals surface area contributed by atoms with Crippen LogP contribution in [0.25, 0.3) is 11.3 Å². The van der Waals surface area contributed by atoms with Gasteiger partial charge in [-0.2, -0.15) is 0 Å². The second-order valence-electron chi connectivity index (χ2n) is 4.17. The van der Waals surface area contributed by atoms with E-state index < -0.39 is 0 Å². The number of benzene rings is 1. The van der Waals surface area contributed by atoms with E-state index in [4.69, 9.17) is 0 Å². The molecule has 1 aromatic heterocycles. The van der Waals surface area contributed by atoms with Crippen molar-refractivity contribution in [1.82, 2.24) is 9.55 Å². The quantitative estimate of drug-likeness (QED) is 0.777. The molecule has 2 nitrogen and oxygen atoms in total. The maximum atomic E-state index is 4.43. The van der Waals surface area contributed by atoms with Crippen molar-refractivity contribution in [3.63, 3.8) is 0 Å². The lowest BCUT2D eigenvalue weighted by Crippen LogP contribution is -1.92. The molecule has 0 saturated heterocycles. The first kappa shape index (κ1) is 11.4. The lowest BCUT2D eigenvalue weighted by atomic mass is 9.97. The summed E-state index contributed by atoms with van der Waals surface area (Å²) in [7, 11) is 1.98. The Labute approximate surface area is 104 Å². The zero-order chi connectivity index (χ0) is 11.9. The second-order valence-corrected chi connectivity index (χ2v) is 4.93. The van der Waals surface area contributed by atoms with Crippen LogP contribution in [0.2, 0.25) is 0 Å². The second kappa shape index (κ2) is 4.06. The van der Waals surface area contributed by atoms with Crippen molar-refractivity contribution in [3.8, 4) is 11.3 Å². The Balaban J connectivity index is 2.66. The van der Waals surface area contributed by atoms with Crippen LogP contribution in [0, 0.1) is 20.8 Å². The summed E-state index contributed by atoms with van der Waals surface area (Å²) < 4.78 is 3.00. The summed E-state index contributed by atoms with van der Waals surface area (Å²) >= 11 is 3.56. The predicted octanol–water partition coefficient (Wildman–Crippen LogP) is 3.77. The van der Waals surface area contributed by atoms with Gasteiger partial charge in [-0.3, -0.25) is 0 Å². The maximum absolute atomic E-state index is 4.43. The van der Waals surface area contributed by atoms with Crippen LogP contribution in [-0.2, 0) is 7.05 Å². The number of hydrogen-bond acceptors (Lipinski definition) is 1. The summed E-state index contributed by atoms with van der Waals surface area (Å²) in [6.07, 6.45) is 1.83. The number of aromatic nitrogens is 2. The minimum Gasteiger partial charge on any atom is -0.328 e. The molecule has 0 bridgehead atoms. The van der Waals surface area contributed by atoms with Gasteiger partial charge in [-0.25, -0.2) is 4.98 Å². The Bertz CT molecular complexity index is 541. The Kier molecular flexibility index (Phi) is 2.89. The first-order valence-electron chi connectivity index (χ1n) is 5.26. The van der Waals surface area contributed by atoms with Crippen molar-refractivity contribution in [2.45, 2.75) is 20.8 Å². The largest absolute Gasteiger partial charge is 0.328 e. The summed E-state index contributed by atoms with van der Waals surface area (Å²) in [5.74, 6) is 0. The molecule has 0 aliphatic heterocycles.